The number of carbonyl (C=O) groups excluding carboxylic acids is 1. The lowest BCUT2D eigenvalue weighted by Gasteiger charge is -2.27. The number of rotatable bonds is 6. The molecular weight excluding hydrogens is 334 g/mol. The van der Waals surface area contributed by atoms with Crippen molar-refractivity contribution in [3.8, 4) is 17.2 Å². The highest BCUT2D eigenvalue weighted by Gasteiger charge is 2.31. The van der Waals surface area contributed by atoms with Gasteiger partial charge >= 0.3 is 0 Å². The van der Waals surface area contributed by atoms with Gasteiger partial charge in [0.25, 0.3) is 0 Å². The van der Waals surface area contributed by atoms with Gasteiger partial charge < -0.3 is 24.3 Å². The molecule has 136 valence electrons. The fraction of sp³-hybridized carbons (Fsp3) is 0.350. The number of carbonyl (C=O) groups is 1. The van der Waals surface area contributed by atoms with Crippen LogP contribution < -0.4 is 19.5 Å². The lowest BCUT2D eigenvalue weighted by Crippen LogP contribution is -2.23. The van der Waals surface area contributed by atoms with Crippen LogP contribution in [0, 0.1) is 0 Å². The molecule has 4 rings (SSSR count). The number of hydrogen-bond acceptors (Lipinski definition) is 5. The summed E-state index contributed by atoms with van der Waals surface area (Å²) in [5.41, 5.74) is 2.79. The molecule has 2 aromatic carbocycles. The van der Waals surface area contributed by atoms with Crippen LogP contribution in [0.5, 0.6) is 17.2 Å². The number of amides is 1. The third kappa shape index (κ3) is 3.20. The van der Waals surface area contributed by atoms with Crippen LogP contribution in [0.3, 0.4) is 0 Å². The summed E-state index contributed by atoms with van der Waals surface area (Å²) in [4.78, 5) is 12.3. The zero-order valence-corrected chi connectivity index (χ0v) is 14.6. The predicted octanol–water partition coefficient (Wildman–Crippen LogP) is 3.30. The summed E-state index contributed by atoms with van der Waals surface area (Å²) in [5.74, 6) is 2.07. The number of fused-ring (bicyclic) bond motifs is 2. The summed E-state index contributed by atoms with van der Waals surface area (Å²) in [6, 6.07) is 11.6. The molecule has 6 heteroatoms. The maximum Gasteiger partial charge on any atom is 0.231 e. The van der Waals surface area contributed by atoms with Crippen molar-refractivity contribution in [1.29, 1.82) is 0 Å². The Balaban J connectivity index is 1.62. The van der Waals surface area contributed by atoms with E-state index in [1.807, 2.05) is 43.3 Å². The number of benzene rings is 2. The second kappa shape index (κ2) is 7.25. The van der Waals surface area contributed by atoms with Gasteiger partial charge in [-0.1, -0.05) is 18.2 Å². The van der Waals surface area contributed by atoms with E-state index < -0.39 is 0 Å². The van der Waals surface area contributed by atoms with Gasteiger partial charge in [-0.2, -0.15) is 0 Å². The molecule has 0 aromatic heterocycles. The van der Waals surface area contributed by atoms with Gasteiger partial charge in [0, 0.05) is 36.3 Å². The van der Waals surface area contributed by atoms with Crippen LogP contribution >= 0.6 is 0 Å². The molecule has 2 heterocycles. The second-order valence-corrected chi connectivity index (χ2v) is 6.18. The SMILES string of the molecule is CCOCCOc1ccc2c(c1)NC(=O)CC2c1cccc2c1OCO2. The minimum atomic E-state index is -0.0760. The summed E-state index contributed by atoms with van der Waals surface area (Å²) >= 11 is 0. The minimum Gasteiger partial charge on any atom is -0.491 e. The largest absolute Gasteiger partial charge is 0.491 e. The zero-order valence-electron chi connectivity index (χ0n) is 14.6. The molecule has 6 nitrogen and oxygen atoms in total. The summed E-state index contributed by atoms with van der Waals surface area (Å²) in [6.45, 7) is 3.84. The van der Waals surface area contributed by atoms with Gasteiger partial charge in [-0.05, 0) is 24.6 Å². The van der Waals surface area contributed by atoms with Crippen molar-refractivity contribution < 1.29 is 23.7 Å². The summed E-state index contributed by atoms with van der Waals surface area (Å²) < 4.78 is 22.1. The molecule has 2 aliphatic heterocycles. The first kappa shape index (κ1) is 16.7. The minimum absolute atomic E-state index is 0.0227. The van der Waals surface area contributed by atoms with E-state index in [1.165, 1.54) is 0 Å². The van der Waals surface area contributed by atoms with E-state index in [9.17, 15) is 4.79 Å². The Labute approximate surface area is 152 Å². The molecule has 1 N–H and O–H groups in total. The summed E-state index contributed by atoms with van der Waals surface area (Å²) in [6.07, 6.45) is 0.372. The van der Waals surface area contributed by atoms with Crippen molar-refractivity contribution >= 4 is 11.6 Å². The fourth-order valence-corrected chi connectivity index (χ4v) is 3.40. The molecule has 0 aliphatic carbocycles. The Bertz CT molecular complexity index is 820. The van der Waals surface area contributed by atoms with Gasteiger partial charge in [-0.25, -0.2) is 0 Å². The van der Waals surface area contributed by atoms with E-state index in [-0.39, 0.29) is 18.6 Å². The highest BCUT2D eigenvalue weighted by atomic mass is 16.7. The first-order valence-corrected chi connectivity index (χ1v) is 8.79. The van der Waals surface area contributed by atoms with E-state index in [2.05, 4.69) is 5.32 Å². The Morgan fingerprint density at radius 2 is 2.08 bits per heavy atom. The van der Waals surface area contributed by atoms with E-state index in [0.717, 1.165) is 28.3 Å². The molecule has 0 radical (unpaired) electrons. The quantitative estimate of drug-likeness (QED) is 0.806. The van der Waals surface area contributed by atoms with Crippen LogP contribution in [-0.2, 0) is 9.53 Å². The molecule has 2 aromatic rings. The monoisotopic (exact) mass is 355 g/mol. The van der Waals surface area contributed by atoms with Crippen LogP contribution in [0.1, 0.15) is 30.4 Å². The van der Waals surface area contributed by atoms with Gasteiger partial charge in [0.15, 0.2) is 11.5 Å². The molecule has 0 saturated heterocycles. The van der Waals surface area contributed by atoms with E-state index in [1.54, 1.807) is 0 Å². The molecule has 0 saturated carbocycles. The lowest BCUT2D eigenvalue weighted by molar-refractivity contribution is -0.116. The van der Waals surface area contributed by atoms with Gasteiger partial charge in [0.05, 0.1) is 6.61 Å². The Kier molecular flexibility index (Phi) is 4.67. The number of nitrogens with one attached hydrogen (secondary N) is 1. The number of ether oxygens (including phenoxy) is 4. The lowest BCUT2D eigenvalue weighted by atomic mass is 9.84. The molecule has 1 atom stereocenters. The average molecular weight is 355 g/mol. The van der Waals surface area contributed by atoms with Gasteiger partial charge in [-0.15, -0.1) is 0 Å². The standard InChI is InChI=1S/C20H21NO5/c1-2-23-8-9-24-13-6-7-14-16(11-19(22)21-17(14)10-13)15-4-3-5-18-20(15)26-12-25-18/h3-7,10,16H,2,8-9,11-12H2,1H3,(H,21,22). The van der Waals surface area contributed by atoms with Crippen LogP contribution in [0.25, 0.3) is 0 Å². The number of hydrogen-bond donors (Lipinski definition) is 1. The third-order valence-electron chi connectivity index (χ3n) is 4.57. The normalized spacial score (nSPS) is 17.6. The average Bonchev–Trinajstić information content (AvgIpc) is 3.13. The molecule has 0 spiro atoms. The van der Waals surface area contributed by atoms with Crippen molar-refractivity contribution in [1.82, 2.24) is 0 Å². The predicted molar refractivity (Wildman–Crippen MR) is 96.1 cm³/mol. The molecule has 1 amide bonds. The van der Waals surface area contributed by atoms with Crippen molar-refractivity contribution in [2.45, 2.75) is 19.3 Å². The maximum absolute atomic E-state index is 12.3. The molecule has 26 heavy (non-hydrogen) atoms. The smallest absolute Gasteiger partial charge is 0.231 e. The highest BCUT2D eigenvalue weighted by Crippen LogP contribution is 2.46. The van der Waals surface area contributed by atoms with Crippen molar-refractivity contribution in [2.24, 2.45) is 0 Å². The summed E-state index contributed by atoms with van der Waals surface area (Å²) in [5, 5.41) is 2.95. The van der Waals surface area contributed by atoms with E-state index >= 15 is 0 Å². The van der Waals surface area contributed by atoms with Crippen LogP contribution in [0.2, 0.25) is 0 Å². The highest BCUT2D eigenvalue weighted by molar-refractivity contribution is 5.95. The fourth-order valence-electron chi connectivity index (χ4n) is 3.40. The number of anilines is 1. The first-order valence-electron chi connectivity index (χ1n) is 8.79. The first-order chi connectivity index (χ1) is 12.8. The van der Waals surface area contributed by atoms with Crippen LogP contribution in [0.15, 0.2) is 36.4 Å². The van der Waals surface area contributed by atoms with E-state index in [4.69, 9.17) is 18.9 Å². The zero-order chi connectivity index (χ0) is 17.9. The van der Waals surface area contributed by atoms with E-state index in [0.29, 0.717) is 32.0 Å². The maximum atomic E-state index is 12.3. The molecule has 0 bridgehead atoms. The Morgan fingerprint density at radius 3 is 2.96 bits per heavy atom. The topological polar surface area (TPSA) is 66.0 Å². The Hall–Kier alpha value is -2.73. The number of para-hydroxylation sites is 1. The molecule has 2 aliphatic rings. The van der Waals surface area contributed by atoms with Crippen LogP contribution in [0.4, 0.5) is 5.69 Å². The summed E-state index contributed by atoms with van der Waals surface area (Å²) in [7, 11) is 0. The van der Waals surface area contributed by atoms with Crippen molar-refractivity contribution in [2.75, 3.05) is 31.9 Å². The molecular formula is C20H21NO5. The molecule has 0 fully saturated rings. The van der Waals surface area contributed by atoms with Crippen molar-refractivity contribution in [3.63, 3.8) is 0 Å². The van der Waals surface area contributed by atoms with Gasteiger partial charge in [-0.3, -0.25) is 4.79 Å². The third-order valence-corrected chi connectivity index (χ3v) is 4.57. The van der Waals surface area contributed by atoms with Crippen LogP contribution in [-0.4, -0.2) is 32.5 Å². The Morgan fingerprint density at radius 1 is 1.15 bits per heavy atom. The molecule has 1 unspecified atom stereocenters. The van der Waals surface area contributed by atoms with Gasteiger partial charge in [0.2, 0.25) is 12.7 Å². The van der Waals surface area contributed by atoms with Crippen molar-refractivity contribution in [3.05, 3.63) is 47.5 Å². The second-order valence-electron chi connectivity index (χ2n) is 6.18. The van der Waals surface area contributed by atoms with Gasteiger partial charge in [0.1, 0.15) is 12.4 Å².